The molecule has 0 aliphatic carbocycles. The number of β-amino-alcohol motifs (C(OH)–C–C–N with tert-alkyl or cyclic N) is 1. The predicted octanol–water partition coefficient (Wildman–Crippen LogP) is -0.835. The maximum atomic E-state index is 10.0. The molecule has 1 fully saturated rings. The highest BCUT2D eigenvalue weighted by Gasteiger charge is 2.37. The third-order valence-electron chi connectivity index (χ3n) is 3.41. The van der Waals surface area contributed by atoms with Gasteiger partial charge in [-0.1, -0.05) is 30.3 Å². The highest BCUT2D eigenvalue weighted by molar-refractivity contribution is 5.17. The summed E-state index contributed by atoms with van der Waals surface area (Å²) in [6.07, 6.45) is -3.63. The van der Waals surface area contributed by atoms with Gasteiger partial charge in [-0.05, 0) is 12.0 Å². The van der Waals surface area contributed by atoms with Crippen LogP contribution in [0.1, 0.15) is 18.1 Å². The van der Waals surface area contributed by atoms with E-state index in [4.69, 9.17) is 0 Å². The molecule has 1 aliphatic heterocycles. The van der Waals surface area contributed by atoms with Gasteiger partial charge in [-0.2, -0.15) is 0 Å². The van der Waals surface area contributed by atoms with Crippen LogP contribution >= 0.6 is 0 Å². The average molecular weight is 253 g/mol. The zero-order valence-electron chi connectivity index (χ0n) is 9.98. The van der Waals surface area contributed by atoms with Crippen molar-refractivity contribution in [3.63, 3.8) is 0 Å². The van der Waals surface area contributed by atoms with Crippen LogP contribution in [0.15, 0.2) is 30.3 Å². The molecule has 5 heteroatoms. The third kappa shape index (κ3) is 2.88. The molecule has 1 aromatic carbocycles. The van der Waals surface area contributed by atoms with Crippen LogP contribution in [-0.4, -0.2) is 51.3 Å². The number of aliphatic hydroxyl groups is 4. The van der Waals surface area contributed by atoms with E-state index in [0.29, 0.717) is 0 Å². The van der Waals surface area contributed by atoms with E-state index in [1.165, 1.54) is 0 Å². The fourth-order valence-electron chi connectivity index (χ4n) is 2.25. The van der Waals surface area contributed by atoms with Crippen molar-refractivity contribution >= 4 is 0 Å². The molecule has 1 aliphatic rings. The number of hydrogen-bond donors (Lipinski definition) is 5. The first kappa shape index (κ1) is 13.5. The van der Waals surface area contributed by atoms with Crippen molar-refractivity contribution in [3.05, 3.63) is 35.9 Å². The summed E-state index contributed by atoms with van der Waals surface area (Å²) in [7, 11) is 0. The van der Waals surface area contributed by atoms with Gasteiger partial charge in [-0.15, -0.1) is 0 Å². The summed E-state index contributed by atoms with van der Waals surface area (Å²) in [5.74, 6) is 0. The van der Waals surface area contributed by atoms with Gasteiger partial charge in [-0.3, -0.25) is 0 Å². The van der Waals surface area contributed by atoms with Crippen LogP contribution in [0.25, 0.3) is 0 Å². The van der Waals surface area contributed by atoms with Crippen molar-refractivity contribution in [2.45, 2.75) is 36.9 Å². The van der Waals surface area contributed by atoms with E-state index in [1.807, 2.05) is 30.3 Å². The maximum Gasteiger partial charge on any atom is 0.108 e. The quantitative estimate of drug-likeness (QED) is 0.484. The van der Waals surface area contributed by atoms with Gasteiger partial charge < -0.3 is 25.7 Å². The predicted molar refractivity (Wildman–Crippen MR) is 65.8 cm³/mol. The molecule has 2 rings (SSSR count). The highest BCUT2D eigenvalue weighted by atomic mass is 16.4. The summed E-state index contributed by atoms with van der Waals surface area (Å²) in [6.45, 7) is 0.213. The second-order valence-corrected chi connectivity index (χ2v) is 4.73. The van der Waals surface area contributed by atoms with Gasteiger partial charge in [0.2, 0.25) is 0 Å². The molecule has 1 aromatic rings. The molecule has 0 radical (unpaired) electrons. The maximum absolute atomic E-state index is 10.0. The van der Waals surface area contributed by atoms with E-state index in [0.717, 1.165) is 5.56 Å². The Balaban J connectivity index is 1.97. The first-order valence-electron chi connectivity index (χ1n) is 6.10. The van der Waals surface area contributed by atoms with Crippen LogP contribution in [0.3, 0.4) is 0 Å². The zero-order valence-corrected chi connectivity index (χ0v) is 9.98. The fourth-order valence-corrected chi connectivity index (χ4v) is 2.25. The van der Waals surface area contributed by atoms with E-state index in [9.17, 15) is 20.4 Å². The molecule has 5 nitrogen and oxygen atoms in total. The molecule has 5 N–H and O–H groups in total. The Morgan fingerprint density at radius 1 is 1.11 bits per heavy atom. The molecular weight excluding hydrogens is 234 g/mol. The minimum atomic E-state index is -1.17. The number of benzene rings is 1. The van der Waals surface area contributed by atoms with Crippen LogP contribution in [0.5, 0.6) is 0 Å². The number of nitrogens with one attached hydrogen (secondary N) is 1. The molecule has 5 atom stereocenters. The van der Waals surface area contributed by atoms with Gasteiger partial charge >= 0.3 is 0 Å². The molecule has 0 unspecified atom stereocenters. The standard InChI is InChI=1S/C13H19NO4/c15-10(8-4-2-1-3-5-8)6-9-12(17)13(18)11(16)7-14-9/h1-5,9-18H,6-7H2/t9-,10-,11+,12-,13+/m0/s1. The Bertz CT molecular complexity index is 373. The van der Waals surface area contributed by atoms with Crippen LogP contribution in [0.2, 0.25) is 0 Å². The number of hydrogen-bond acceptors (Lipinski definition) is 5. The number of piperidine rings is 1. The van der Waals surface area contributed by atoms with Crippen LogP contribution in [0.4, 0.5) is 0 Å². The van der Waals surface area contributed by atoms with Crippen LogP contribution < -0.4 is 5.32 Å². The summed E-state index contributed by atoms with van der Waals surface area (Å²) in [4.78, 5) is 0. The van der Waals surface area contributed by atoms with Gasteiger partial charge in [0.15, 0.2) is 0 Å². The summed E-state index contributed by atoms with van der Waals surface area (Å²) >= 11 is 0. The van der Waals surface area contributed by atoms with Crippen LogP contribution in [0, 0.1) is 0 Å². The number of rotatable bonds is 3. The van der Waals surface area contributed by atoms with Crippen molar-refractivity contribution in [2.24, 2.45) is 0 Å². The normalized spacial score (nSPS) is 34.2. The van der Waals surface area contributed by atoms with Crippen molar-refractivity contribution in [2.75, 3.05) is 6.54 Å². The summed E-state index contributed by atoms with van der Waals surface area (Å²) in [6, 6.07) is 8.73. The smallest absolute Gasteiger partial charge is 0.108 e. The topological polar surface area (TPSA) is 93.0 Å². The second kappa shape index (κ2) is 5.77. The minimum Gasteiger partial charge on any atom is -0.389 e. The summed E-state index contributed by atoms with van der Waals surface area (Å²) in [5, 5.41) is 41.8. The molecule has 1 saturated heterocycles. The Morgan fingerprint density at radius 3 is 2.44 bits per heavy atom. The van der Waals surface area contributed by atoms with Gasteiger partial charge in [0.25, 0.3) is 0 Å². The van der Waals surface area contributed by atoms with Crippen molar-refractivity contribution in [1.82, 2.24) is 5.32 Å². The largest absolute Gasteiger partial charge is 0.389 e. The molecule has 0 saturated carbocycles. The Labute approximate surface area is 106 Å². The SMILES string of the molecule is O[C@@H]1[C@H](O)[C@H](O)CN[C@H]1C[C@H](O)c1ccccc1. The lowest BCUT2D eigenvalue weighted by atomic mass is 9.90. The monoisotopic (exact) mass is 253 g/mol. The zero-order chi connectivity index (χ0) is 13.1. The van der Waals surface area contributed by atoms with Crippen molar-refractivity contribution in [3.8, 4) is 0 Å². The van der Waals surface area contributed by atoms with Gasteiger partial charge in [-0.25, -0.2) is 0 Å². The van der Waals surface area contributed by atoms with Gasteiger partial charge in [0, 0.05) is 12.6 Å². The van der Waals surface area contributed by atoms with E-state index in [2.05, 4.69) is 5.32 Å². The van der Waals surface area contributed by atoms with Crippen molar-refractivity contribution < 1.29 is 20.4 Å². The Kier molecular flexibility index (Phi) is 4.31. The third-order valence-corrected chi connectivity index (χ3v) is 3.41. The molecular formula is C13H19NO4. The first-order chi connectivity index (χ1) is 8.59. The molecule has 1 heterocycles. The summed E-state index contributed by atoms with van der Waals surface area (Å²) in [5.41, 5.74) is 0.770. The lowest BCUT2D eigenvalue weighted by molar-refractivity contribution is -0.0996. The molecule has 0 spiro atoms. The second-order valence-electron chi connectivity index (χ2n) is 4.73. The Morgan fingerprint density at radius 2 is 1.78 bits per heavy atom. The Hall–Kier alpha value is -0.980. The lowest BCUT2D eigenvalue weighted by Gasteiger charge is -2.37. The summed E-state index contributed by atoms with van der Waals surface area (Å²) < 4.78 is 0. The average Bonchev–Trinajstić information content (AvgIpc) is 2.40. The molecule has 100 valence electrons. The van der Waals surface area contributed by atoms with Gasteiger partial charge in [0.1, 0.15) is 6.10 Å². The lowest BCUT2D eigenvalue weighted by Crippen LogP contribution is -2.59. The molecule has 0 amide bonds. The highest BCUT2D eigenvalue weighted by Crippen LogP contribution is 2.22. The van der Waals surface area contributed by atoms with E-state index >= 15 is 0 Å². The van der Waals surface area contributed by atoms with Crippen molar-refractivity contribution in [1.29, 1.82) is 0 Å². The number of aliphatic hydroxyl groups excluding tert-OH is 4. The minimum absolute atomic E-state index is 0.213. The van der Waals surface area contributed by atoms with E-state index < -0.39 is 30.5 Å². The molecule has 0 bridgehead atoms. The first-order valence-corrected chi connectivity index (χ1v) is 6.10. The molecule has 18 heavy (non-hydrogen) atoms. The van der Waals surface area contributed by atoms with Gasteiger partial charge in [0.05, 0.1) is 18.3 Å². The van der Waals surface area contributed by atoms with E-state index in [1.54, 1.807) is 0 Å². The van der Waals surface area contributed by atoms with Crippen LogP contribution in [-0.2, 0) is 0 Å². The fraction of sp³-hybridized carbons (Fsp3) is 0.538. The van der Waals surface area contributed by atoms with E-state index in [-0.39, 0.29) is 13.0 Å². The molecule has 0 aromatic heterocycles.